The van der Waals surface area contributed by atoms with Gasteiger partial charge in [0.1, 0.15) is 17.2 Å². The zero-order chi connectivity index (χ0) is 20.4. The van der Waals surface area contributed by atoms with E-state index < -0.39 is 0 Å². The Morgan fingerprint density at radius 2 is 2.07 bits per heavy atom. The minimum Gasteiger partial charge on any atom is -0.497 e. The summed E-state index contributed by atoms with van der Waals surface area (Å²) in [5.41, 5.74) is 3.47. The topological polar surface area (TPSA) is 60.6 Å². The van der Waals surface area contributed by atoms with Crippen LogP contribution in [0.1, 0.15) is 41.4 Å². The molecule has 1 aliphatic carbocycles. The first kappa shape index (κ1) is 19.8. The largest absolute Gasteiger partial charge is 0.497 e. The fourth-order valence-corrected chi connectivity index (χ4v) is 4.05. The van der Waals surface area contributed by atoms with Crippen LogP contribution >= 0.6 is 15.9 Å². The summed E-state index contributed by atoms with van der Waals surface area (Å²) in [7, 11) is 1.67. The monoisotopic (exact) mass is 457 g/mol. The van der Waals surface area contributed by atoms with Gasteiger partial charge in [-0.25, -0.2) is 4.79 Å². The fraction of sp³-hybridized carbons (Fsp3) is 0.348. The van der Waals surface area contributed by atoms with E-state index in [9.17, 15) is 4.79 Å². The molecule has 2 aromatic carbocycles. The van der Waals surface area contributed by atoms with Crippen molar-refractivity contribution >= 4 is 32.8 Å². The van der Waals surface area contributed by atoms with Crippen LogP contribution in [0.4, 0.5) is 0 Å². The van der Waals surface area contributed by atoms with Crippen molar-refractivity contribution in [3.05, 3.63) is 57.7 Å². The number of esters is 1. The number of carbonyl (C=O) groups excluding carboxylic acids is 1. The number of ether oxygens (including phenoxy) is 3. The summed E-state index contributed by atoms with van der Waals surface area (Å²) in [5, 5.41) is 0.883. The zero-order valence-corrected chi connectivity index (χ0v) is 18.2. The Labute approximate surface area is 178 Å². The summed E-state index contributed by atoms with van der Waals surface area (Å²) in [6.45, 7) is 2.81. The molecule has 0 aliphatic heterocycles. The van der Waals surface area contributed by atoms with Crippen LogP contribution in [0, 0.1) is 5.92 Å². The van der Waals surface area contributed by atoms with Crippen molar-refractivity contribution in [2.24, 2.45) is 5.92 Å². The lowest BCUT2D eigenvalue weighted by Gasteiger charge is -2.14. The summed E-state index contributed by atoms with van der Waals surface area (Å²) in [6.07, 6.45) is 3.13. The van der Waals surface area contributed by atoms with Crippen LogP contribution in [0.15, 0.2) is 40.9 Å². The molecule has 1 fully saturated rings. The van der Waals surface area contributed by atoms with Gasteiger partial charge >= 0.3 is 5.97 Å². The second-order valence-corrected chi connectivity index (χ2v) is 8.09. The maximum atomic E-state index is 12.3. The van der Waals surface area contributed by atoms with Crippen LogP contribution in [0.25, 0.3) is 10.9 Å². The van der Waals surface area contributed by atoms with Crippen molar-refractivity contribution in [2.75, 3.05) is 20.3 Å². The molecule has 0 bridgehead atoms. The Kier molecular flexibility index (Phi) is 5.81. The Balaban J connectivity index is 1.76. The molecule has 0 saturated heterocycles. The van der Waals surface area contributed by atoms with E-state index in [4.69, 9.17) is 14.2 Å². The van der Waals surface area contributed by atoms with Gasteiger partial charge in [-0.05, 0) is 70.9 Å². The molecule has 3 aromatic rings. The normalized spacial score (nSPS) is 13.5. The molecule has 5 nitrogen and oxygen atoms in total. The zero-order valence-electron chi connectivity index (χ0n) is 16.6. The molecule has 0 unspecified atom stereocenters. The summed E-state index contributed by atoms with van der Waals surface area (Å²) < 4.78 is 17.5. The lowest BCUT2D eigenvalue weighted by Crippen LogP contribution is -2.05. The van der Waals surface area contributed by atoms with Crippen LogP contribution in [-0.2, 0) is 11.2 Å². The highest BCUT2D eigenvalue weighted by atomic mass is 79.9. The second kappa shape index (κ2) is 8.49. The fourth-order valence-electron chi connectivity index (χ4n) is 3.40. The number of hydrogen-bond acceptors (Lipinski definition) is 4. The number of carbonyl (C=O) groups is 1. The molecule has 0 spiro atoms. The van der Waals surface area contributed by atoms with E-state index in [0.717, 1.165) is 33.5 Å². The molecule has 0 amide bonds. The first-order valence-corrected chi connectivity index (χ1v) is 10.7. The summed E-state index contributed by atoms with van der Waals surface area (Å²) >= 11 is 3.61. The third-order valence-corrected chi connectivity index (χ3v) is 5.90. The predicted octanol–water partition coefficient (Wildman–Crippen LogP) is 5.50. The SMILES string of the molecule is CCOC(=O)c1[nH]c2ccc(Cc3cccc(OC)c3)c(OCC3CC3)c2c1Br. The molecule has 4 rings (SSSR count). The molecule has 6 heteroatoms. The van der Waals surface area contributed by atoms with E-state index in [0.29, 0.717) is 35.7 Å². The van der Waals surface area contributed by atoms with Crippen LogP contribution < -0.4 is 9.47 Å². The Hall–Kier alpha value is -2.47. The van der Waals surface area contributed by atoms with Gasteiger partial charge in [-0.2, -0.15) is 0 Å². The summed E-state index contributed by atoms with van der Waals surface area (Å²) in [5.74, 6) is 1.89. The maximum absolute atomic E-state index is 12.3. The molecule has 29 heavy (non-hydrogen) atoms. The van der Waals surface area contributed by atoms with Gasteiger partial charge < -0.3 is 19.2 Å². The average molecular weight is 458 g/mol. The highest BCUT2D eigenvalue weighted by Gasteiger charge is 2.25. The standard InChI is InChI=1S/C23H24BrNO4/c1-3-28-23(26)21-20(24)19-18(25-21)10-9-16(22(19)29-13-14-7-8-14)11-15-5-4-6-17(12-15)27-2/h4-6,9-10,12,14,25H,3,7-8,11,13H2,1-2H3. The number of fused-ring (bicyclic) bond motifs is 1. The molecule has 1 aromatic heterocycles. The highest BCUT2D eigenvalue weighted by Crippen LogP contribution is 2.40. The van der Waals surface area contributed by atoms with Crippen molar-refractivity contribution in [3.63, 3.8) is 0 Å². The molecule has 1 heterocycles. The molecule has 1 N–H and O–H groups in total. The molecular formula is C23H24BrNO4. The molecule has 1 aliphatic rings. The lowest BCUT2D eigenvalue weighted by atomic mass is 10.0. The summed E-state index contributed by atoms with van der Waals surface area (Å²) in [6, 6.07) is 12.1. The number of rotatable bonds is 8. The molecule has 0 atom stereocenters. The van der Waals surface area contributed by atoms with Gasteiger partial charge in [0.25, 0.3) is 0 Å². The third kappa shape index (κ3) is 4.27. The Morgan fingerprint density at radius 3 is 2.79 bits per heavy atom. The molecule has 1 saturated carbocycles. The number of benzene rings is 2. The van der Waals surface area contributed by atoms with E-state index in [1.54, 1.807) is 14.0 Å². The molecular weight excluding hydrogens is 434 g/mol. The number of halogens is 1. The van der Waals surface area contributed by atoms with E-state index in [1.807, 2.05) is 24.3 Å². The van der Waals surface area contributed by atoms with Gasteiger partial charge in [0.2, 0.25) is 0 Å². The molecule has 152 valence electrons. The smallest absolute Gasteiger partial charge is 0.355 e. The summed E-state index contributed by atoms with van der Waals surface area (Å²) in [4.78, 5) is 15.5. The minimum atomic E-state index is -0.377. The lowest BCUT2D eigenvalue weighted by molar-refractivity contribution is 0.0519. The van der Waals surface area contributed by atoms with E-state index in [-0.39, 0.29) is 5.97 Å². The van der Waals surface area contributed by atoms with Gasteiger partial charge in [0.05, 0.1) is 35.7 Å². The van der Waals surface area contributed by atoms with E-state index in [2.05, 4.69) is 33.0 Å². The Bertz CT molecular complexity index is 1040. The van der Waals surface area contributed by atoms with Gasteiger partial charge in [0.15, 0.2) is 0 Å². The van der Waals surface area contributed by atoms with Crippen LogP contribution in [0.5, 0.6) is 11.5 Å². The van der Waals surface area contributed by atoms with Crippen molar-refractivity contribution < 1.29 is 19.0 Å². The first-order valence-electron chi connectivity index (χ1n) is 9.86. The maximum Gasteiger partial charge on any atom is 0.355 e. The van der Waals surface area contributed by atoms with Crippen molar-refractivity contribution in [2.45, 2.75) is 26.2 Å². The van der Waals surface area contributed by atoms with Crippen molar-refractivity contribution in [1.29, 1.82) is 0 Å². The van der Waals surface area contributed by atoms with Gasteiger partial charge in [0, 0.05) is 6.42 Å². The van der Waals surface area contributed by atoms with Gasteiger partial charge in [-0.15, -0.1) is 0 Å². The van der Waals surface area contributed by atoms with Crippen molar-refractivity contribution in [3.8, 4) is 11.5 Å². The van der Waals surface area contributed by atoms with E-state index in [1.165, 1.54) is 12.8 Å². The quantitative estimate of drug-likeness (QED) is 0.453. The van der Waals surface area contributed by atoms with Crippen LogP contribution in [0.2, 0.25) is 0 Å². The Morgan fingerprint density at radius 1 is 1.24 bits per heavy atom. The average Bonchev–Trinajstić information content (AvgIpc) is 3.49. The number of aromatic nitrogens is 1. The van der Waals surface area contributed by atoms with Crippen LogP contribution in [-0.4, -0.2) is 31.3 Å². The highest BCUT2D eigenvalue weighted by molar-refractivity contribution is 9.10. The van der Waals surface area contributed by atoms with Crippen molar-refractivity contribution in [1.82, 2.24) is 4.98 Å². The van der Waals surface area contributed by atoms with E-state index >= 15 is 0 Å². The predicted molar refractivity (Wildman–Crippen MR) is 116 cm³/mol. The van der Waals surface area contributed by atoms with Gasteiger partial charge in [-0.3, -0.25) is 0 Å². The van der Waals surface area contributed by atoms with Crippen LogP contribution in [0.3, 0.4) is 0 Å². The second-order valence-electron chi connectivity index (χ2n) is 7.29. The third-order valence-electron chi connectivity index (χ3n) is 5.11. The molecule has 0 radical (unpaired) electrons. The first-order chi connectivity index (χ1) is 14.1. The van der Waals surface area contributed by atoms with Gasteiger partial charge in [-0.1, -0.05) is 18.2 Å². The number of H-pyrrole nitrogens is 1. The minimum absolute atomic E-state index is 0.326. The number of hydrogen-bond donors (Lipinski definition) is 1. The number of nitrogens with one attached hydrogen (secondary N) is 1. The number of methoxy groups -OCH3 is 1. The number of aromatic amines is 1.